The van der Waals surface area contributed by atoms with Crippen molar-refractivity contribution in [3.05, 3.63) is 215 Å². The fourth-order valence-corrected chi connectivity index (χ4v) is 10.1. The maximum Gasteiger partial charge on any atom is 0.132 e. The van der Waals surface area contributed by atoms with E-state index < -0.39 is 5.41 Å². The van der Waals surface area contributed by atoms with Crippen LogP contribution >= 0.6 is 0 Å². The molecule has 1 aliphatic heterocycles. The molecule has 1 unspecified atom stereocenters. The van der Waals surface area contributed by atoms with Crippen LogP contribution in [0.3, 0.4) is 0 Å². The topological polar surface area (TPSA) is 12.5 Å². The summed E-state index contributed by atoms with van der Waals surface area (Å²) in [6.07, 6.45) is 8.07. The van der Waals surface area contributed by atoms with Gasteiger partial charge in [-0.15, -0.1) is 0 Å². The average molecular weight is 708 g/mol. The Balaban J connectivity index is 1.15. The molecule has 3 aliphatic carbocycles. The lowest BCUT2D eigenvalue weighted by molar-refractivity contribution is 0.436. The van der Waals surface area contributed by atoms with Crippen LogP contribution < -0.4 is 9.64 Å². The smallest absolute Gasteiger partial charge is 0.132 e. The molecule has 0 saturated heterocycles. The first-order valence-electron chi connectivity index (χ1n) is 19.6. The van der Waals surface area contributed by atoms with Crippen LogP contribution in [0.5, 0.6) is 11.5 Å². The second kappa shape index (κ2) is 11.8. The molecule has 0 radical (unpaired) electrons. The molecular weight excluding hydrogens is 667 g/mol. The number of hydrogen-bond donors (Lipinski definition) is 0. The Bertz CT molecular complexity index is 2720. The zero-order valence-corrected chi connectivity index (χ0v) is 31.4. The van der Waals surface area contributed by atoms with Gasteiger partial charge in [-0.05, 0) is 117 Å². The Labute approximate surface area is 323 Å². The van der Waals surface area contributed by atoms with Gasteiger partial charge in [-0.1, -0.05) is 148 Å². The van der Waals surface area contributed by atoms with Crippen molar-refractivity contribution in [2.45, 2.75) is 38.0 Å². The fraction of sp³-hybridized carbons (Fsp3) is 0.132. The third-order valence-corrected chi connectivity index (χ3v) is 12.6. The zero-order valence-electron chi connectivity index (χ0n) is 31.4. The predicted molar refractivity (Wildman–Crippen MR) is 227 cm³/mol. The summed E-state index contributed by atoms with van der Waals surface area (Å²) in [4.78, 5) is 2.46. The minimum atomic E-state index is -0.541. The SMILES string of the molecule is CC1C=C(c2ccc(N(c3ccc4c(c3)C(C)(C)c3ccccc3-4)c3ccc4c(c3)C3(c5ccccc5Oc5ccccc53)c3ccccc3-4)cc2)C=CC1. The summed E-state index contributed by atoms with van der Waals surface area (Å²) < 4.78 is 6.65. The largest absolute Gasteiger partial charge is 0.457 e. The second-order valence-electron chi connectivity index (χ2n) is 16.1. The summed E-state index contributed by atoms with van der Waals surface area (Å²) in [7, 11) is 0. The molecule has 11 rings (SSSR count). The number of anilines is 3. The van der Waals surface area contributed by atoms with Gasteiger partial charge in [0, 0.05) is 33.6 Å². The van der Waals surface area contributed by atoms with Gasteiger partial charge in [0.15, 0.2) is 0 Å². The highest BCUT2D eigenvalue weighted by molar-refractivity contribution is 5.92. The molecule has 0 aromatic heterocycles. The van der Waals surface area contributed by atoms with Crippen molar-refractivity contribution >= 4 is 22.6 Å². The molecule has 7 aromatic carbocycles. The molecular formula is C53H41NO. The van der Waals surface area contributed by atoms with Gasteiger partial charge in [0.1, 0.15) is 11.5 Å². The van der Waals surface area contributed by atoms with Crippen molar-refractivity contribution in [1.82, 2.24) is 0 Å². The molecule has 0 fully saturated rings. The van der Waals surface area contributed by atoms with Crippen LogP contribution in [0, 0.1) is 5.92 Å². The predicted octanol–water partition coefficient (Wildman–Crippen LogP) is 13.9. The van der Waals surface area contributed by atoms with E-state index in [0.29, 0.717) is 5.92 Å². The van der Waals surface area contributed by atoms with E-state index in [1.165, 1.54) is 66.8 Å². The Morgan fingerprint density at radius 2 is 1.02 bits per heavy atom. The van der Waals surface area contributed by atoms with E-state index in [0.717, 1.165) is 35.0 Å². The lowest BCUT2D eigenvalue weighted by Crippen LogP contribution is -2.32. The van der Waals surface area contributed by atoms with Gasteiger partial charge >= 0.3 is 0 Å². The van der Waals surface area contributed by atoms with Crippen LogP contribution in [-0.2, 0) is 10.8 Å². The Hall–Kier alpha value is -6.38. The van der Waals surface area contributed by atoms with Crippen LogP contribution in [-0.4, -0.2) is 0 Å². The summed E-state index contributed by atoms with van der Waals surface area (Å²) in [6.45, 7) is 7.02. The quantitative estimate of drug-likeness (QED) is 0.181. The number of fused-ring (bicyclic) bond motifs is 12. The Morgan fingerprint density at radius 3 is 1.67 bits per heavy atom. The molecule has 2 heteroatoms. The number of ether oxygens (including phenoxy) is 1. The van der Waals surface area contributed by atoms with E-state index >= 15 is 0 Å². The highest BCUT2D eigenvalue weighted by Gasteiger charge is 2.51. The van der Waals surface area contributed by atoms with Crippen LogP contribution in [0.1, 0.15) is 66.1 Å². The first-order chi connectivity index (χ1) is 26.9. The van der Waals surface area contributed by atoms with Crippen LogP contribution in [0.25, 0.3) is 27.8 Å². The van der Waals surface area contributed by atoms with Gasteiger partial charge in [0.05, 0.1) is 5.41 Å². The molecule has 0 N–H and O–H groups in total. The monoisotopic (exact) mass is 707 g/mol. The molecule has 55 heavy (non-hydrogen) atoms. The third kappa shape index (κ3) is 4.55. The first kappa shape index (κ1) is 32.1. The number of benzene rings is 7. The molecule has 264 valence electrons. The van der Waals surface area contributed by atoms with E-state index in [1.54, 1.807) is 0 Å². The number of rotatable bonds is 4. The maximum atomic E-state index is 6.65. The fourth-order valence-electron chi connectivity index (χ4n) is 10.1. The summed E-state index contributed by atoms with van der Waals surface area (Å²) >= 11 is 0. The lowest BCUT2D eigenvalue weighted by Gasteiger charge is -2.39. The number of hydrogen-bond acceptors (Lipinski definition) is 2. The van der Waals surface area contributed by atoms with Crippen molar-refractivity contribution in [1.29, 1.82) is 0 Å². The van der Waals surface area contributed by atoms with E-state index in [9.17, 15) is 0 Å². The van der Waals surface area contributed by atoms with Crippen molar-refractivity contribution in [2.24, 2.45) is 5.92 Å². The van der Waals surface area contributed by atoms with Crippen molar-refractivity contribution in [3.63, 3.8) is 0 Å². The van der Waals surface area contributed by atoms with Gasteiger partial charge in [-0.2, -0.15) is 0 Å². The zero-order chi connectivity index (χ0) is 36.9. The summed E-state index contributed by atoms with van der Waals surface area (Å²) in [5, 5.41) is 0. The van der Waals surface area contributed by atoms with Gasteiger partial charge in [0.2, 0.25) is 0 Å². The van der Waals surface area contributed by atoms with Crippen molar-refractivity contribution in [3.8, 4) is 33.8 Å². The van der Waals surface area contributed by atoms with Crippen LogP contribution in [0.15, 0.2) is 176 Å². The molecule has 0 amide bonds. The number of para-hydroxylation sites is 2. The molecule has 0 bridgehead atoms. The van der Waals surface area contributed by atoms with E-state index in [-0.39, 0.29) is 5.41 Å². The van der Waals surface area contributed by atoms with Crippen molar-refractivity contribution < 1.29 is 4.74 Å². The molecule has 1 heterocycles. The molecule has 7 aromatic rings. The van der Waals surface area contributed by atoms with E-state index in [2.05, 4.69) is 202 Å². The maximum absolute atomic E-state index is 6.65. The molecule has 4 aliphatic rings. The normalized spacial score (nSPS) is 17.2. The minimum Gasteiger partial charge on any atom is -0.457 e. The summed E-state index contributed by atoms with van der Waals surface area (Å²) in [5.41, 5.74) is 18.1. The second-order valence-corrected chi connectivity index (χ2v) is 16.1. The third-order valence-electron chi connectivity index (χ3n) is 12.6. The Morgan fingerprint density at radius 1 is 0.509 bits per heavy atom. The Kier molecular flexibility index (Phi) is 6.89. The number of allylic oxidation sites excluding steroid dienone is 4. The average Bonchev–Trinajstić information content (AvgIpc) is 3.63. The van der Waals surface area contributed by atoms with Gasteiger partial charge in [-0.25, -0.2) is 0 Å². The van der Waals surface area contributed by atoms with Gasteiger partial charge < -0.3 is 9.64 Å². The number of nitrogens with zero attached hydrogens (tertiary/aromatic N) is 1. The minimum absolute atomic E-state index is 0.118. The molecule has 1 atom stereocenters. The summed E-state index contributed by atoms with van der Waals surface area (Å²) in [6, 6.07) is 58.5. The van der Waals surface area contributed by atoms with Gasteiger partial charge in [0.25, 0.3) is 0 Å². The van der Waals surface area contributed by atoms with Gasteiger partial charge in [-0.3, -0.25) is 0 Å². The molecule has 1 spiro atoms. The highest BCUT2D eigenvalue weighted by Crippen LogP contribution is 2.63. The summed E-state index contributed by atoms with van der Waals surface area (Å²) in [5.74, 6) is 2.35. The standard InChI is InChI=1S/C53H41NO/c1-34-13-12-14-36(31-34)35-23-25-37(26-24-35)54(38-27-29-42-40-15-4-6-17-44(40)52(2,3)48(42)32-38)39-28-30-43-41-16-5-7-18-45(41)53(49(43)33-39)46-19-8-10-21-50(46)55-51-22-11-9-20-47(51)53/h4-12,14-34H,13H2,1-3H3. The molecule has 2 nitrogen and oxygen atoms in total. The van der Waals surface area contributed by atoms with Crippen molar-refractivity contribution in [2.75, 3.05) is 4.90 Å². The molecule has 0 saturated carbocycles. The lowest BCUT2D eigenvalue weighted by atomic mass is 9.66. The van der Waals surface area contributed by atoms with E-state index in [4.69, 9.17) is 4.74 Å². The highest BCUT2D eigenvalue weighted by atomic mass is 16.5. The first-order valence-corrected chi connectivity index (χ1v) is 19.6. The van der Waals surface area contributed by atoms with E-state index in [1.807, 2.05) is 0 Å². The van der Waals surface area contributed by atoms with Crippen LogP contribution in [0.4, 0.5) is 17.1 Å². The van der Waals surface area contributed by atoms with Crippen LogP contribution in [0.2, 0.25) is 0 Å².